The summed E-state index contributed by atoms with van der Waals surface area (Å²) in [6.07, 6.45) is 5.56. The molecule has 0 aromatic rings. The number of fused-ring (bicyclic) bond motifs is 1. The van der Waals surface area contributed by atoms with Crippen molar-refractivity contribution in [3.05, 3.63) is 0 Å². The van der Waals surface area contributed by atoms with Crippen molar-refractivity contribution in [2.75, 3.05) is 19.7 Å². The fraction of sp³-hybridized carbons (Fsp3) is 0.880. The first-order valence-electron chi connectivity index (χ1n) is 12.9. The first-order chi connectivity index (χ1) is 15.7. The van der Waals surface area contributed by atoms with Crippen LogP contribution in [0.25, 0.3) is 0 Å². The highest BCUT2D eigenvalue weighted by molar-refractivity contribution is 5.99. The lowest BCUT2D eigenvalue weighted by Crippen LogP contribution is -2.59. The van der Waals surface area contributed by atoms with Gasteiger partial charge >= 0.3 is 0 Å². The van der Waals surface area contributed by atoms with Crippen molar-refractivity contribution in [3.63, 3.8) is 0 Å². The Labute approximate surface area is 198 Å². The molecule has 188 valence electrons. The van der Waals surface area contributed by atoms with Crippen LogP contribution < -0.4 is 10.6 Å². The Morgan fingerprint density at radius 3 is 2.36 bits per heavy atom. The van der Waals surface area contributed by atoms with Gasteiger partial charge in [-0.1, -0.05) is 47.5 Å². The standard InChI is InChI=1S/C25H43N3O5/c1-6-9-10-14-27-22(31)20-25-12-11-24(8-3,33-25)18(21(30)26-13-7-2)19(25)23(32)28(20)17(15-29)16(4)5/h16-20,29H,6-15H2,1-5H3,(H,26,30)(H,27,31)/t17-,18+,19-,20?,24-,25?/m0/s1. The van der Waals surface area contributed by atoms with E-state index < -0.39 is 35.1 Å². The Morgan fingerprint density at radius 2 is 1.79 bits per heavy atom. The number of nitrogens with one attached hydrogen (secondary N) is 2. The molecular formula is C25H43N3O5. The molecule has 3 aliphatic heterocycles. The van der Waals surface area contributed by atoms with E-state index in [1.807, 2.05) is 27.7 Å². The van der Waals surface area contributed by atoms with Gasteiger partial charge in [-0.3, -0.25) is 14.4 Å². The summed E-state index contributed by atoms with van der Waals surface area (Å²) in [7, 11) is 0. The molecule has 6 atom stereocenters. The summed E-state index contributed by atoms with van der Waals surface area (Å²) in [5.74, 6) is -2.00. The third-order valence-corrected chi connectivity index (χ3v) is 8.09. The van der Waals surface area contributed by atoms with Crippen LogP contribution in [-0.2, 0) is 19.1 Å². The normalized spacial score (nSPS) is 33.5. The number of nitrogens with zero attached hydrogens (tertiary/aromatic N) is 1. The maximum absolute atomic E-state index is 14.0. The van der Waals surface area contributed by atoms with E-state index in [2.05, 4.69) is 17.6 Å². The number of hydrogen-bond acceptors (Lipinski definition) is 5. The molecule has 3 saturated heterocycles. The Bertz CT molecular complexity index is 744. The molecule has 8 heteroatoms. The number of carbonyl (C=O) groups is 3. The van der Waals surface area contributed by atoms with E-state index in [4.69, 9.17) is 4.74 Å². The first-order valence-corrected chi connectivity index (χ1v) is 12.9. The number of ether oxygens (including phenoxy) is 1. The van der Waals surface area contributed by atoms with Crippen LogP contribution >= 0.6 is 0 Å². The SMILES string of the molecule is CCCCCNC(=O)C1N([C@@H](CO)C(C)C)C(=O)[C@@H]2[C@H](C(=O)NCCC)[C@]3(CC)CCC12O3. The van der Waals surface area contributed by atoms with Crippen LogP contribution in [0.2, 0.25) is 0 Å². The minimum atomic E-state index is -1.03. The first kappa shape index (κ1) is 25.9. The second kappa shape index (κ2) is 10.3. The molecule has 3 N–H and O–H groups in total. The van der Waals surface area contributed by atoms with Crippen molar-refractivity contribution in [2.24, 2.45) is 17.8 Å². The van der Waals surface area contributed by atoms with Crippen molar-refractivity contribution in [1.29, 1.82) is 0 Å². The van der Waals surface area contributed by atoms with Crippen LogP contribution in [0.3, 0.4) is 0 Å². The van der Waals surface area contributed by atoms with Gasteiger partial charge in [-0.15, -0.1) is 0 Å². The Balaban J connectivity index is 2.02. The van der Waals surface area contributed by atoms with Crippen molar-refractivity contribution >= 4 is 17.7 Å². The summed E-state index contributed by atoms with van der Waals surface area (Å²) in [5.41, 5.74) is -1.75. The molecule has 0 aliphatic carbocycles. The van der Waals surface area contributed by atoms with Gasteiger partial charge in [0, 0.05) is 13.1 Å². The summed E-state index contributed by atoms with van der Waals surface area (Å²) in [4.78, 5) is 42.5. The molecule has 2 bridgehead atoms. The van der Waals surface area contributed by atoms with Crippen LogP contribution in [-0.4, -0.2) is 70.7 Å². The second-order valence-electron chi connectivity index (χ2n) is 10.4. The van der Waals surface area contributed by atoms with Gasteiger partial charge in [-0.05, 0) is 38.0 Å². The third kappa shape index (κ3) is 4.18. The van der Waals surface area contributed by atoms with Crippen LogP contribution in [0.1, 0.15) is 79.6 Å². The molecule has 8 nitrogen and oxygen atoms in total. The number of aliphatic hydroxyl groups is 1. The number of hydrogen-bond donors (Lipinski definition) is 3. The fourth-order valence-electron chi connectivity index (χ4n) is 6.37. The minimum Gasteiger partial charge on any atom is -0.394 e. The van der Waals surface area contributed by atoms with E-state index >= 15 is 0 Å². The summed E-state index contributed by atoms with van der Waals surface area (Å²) in [6, 6.07) is -1.35. The van der Waals surface area contributed by atoms with E-state index in [0.717, 1.165) is 25.7 Å². The summed E-state index contributed by atoms with van der Waals surface area (Å²) < 4.78 is 6.70. The number of rotatable bonds is 12. The highest BCUT2D eigenvalue weighted by Crippen LogP contribution is 2.64. The fourth-order valence-corrected chi connectivity index (χ4v) is 6.37. The van der Waals surface area contributed by atoms with Crippen molar-refractivity contribution in [1.82, 2.24) is 15.5 Å². The topological polar surface area (TPSA) is 108 Å². The number of aliphatic hydroxyl groups excluding tert-OH is 1. The number of carbonyl (C=O) groups excluding carboxylic acids is 3. The highest BCUT2D eigenvalue weighted by atomic mass is 16.5. The molecule has 0 saturated carbocycles. The van der Waals surface area contributed by atoms with E-state index in [-0.39, 0.29) is 30.2 Å². The minimum absolute atomic E-state index is 0.0470. The van der Waals surface area contributed by atoms with Crippen LogP contribution in [0.4, 0.5) is 0 Å². The molecule has 0 radical (unpaired) electrons. The monoisotopic (exact) mass is 465 g/mol. The largest absolute Gasteiger partial charge is 0.394 e. The van der Waals surface area contributed by atoms with Crippen molar-refractivity contribution < 1.29 is 24.2 Å². The molecule has 1 spiro atoms. The second-order valence-corrected chi connectivity index (χ2v) is 10.4. The van der Waals surface area contributed by atoms with Gasteiger partial charge in [-0.2, -0.15) is 0 Å². The quantitative estimate of drug-likeness (QED) is 0.382. The van der Waals surface area contributed by atoms with E-state index in [0.29, 0.717) is 32.4 Å². The Hall–Kier alpha value is -1.67. The zero-order chi connectivity index (χ0) is 24.4. The van der Waals surface area contributed by atoms with Gasteiger partial charge in [0.15, 0.2) is 0 Å². The maximum Gasteiger partial charge on any atom is 0.245 e. The molecule has 3 aliphatic rings. The average Bonchev–Trinajstić information content (AvgIpc) is 3.39. The third-order valence-electron chi connectivity index (χ3n) is 8.09. The van der Waals surface area contributed by atoms with Gasteiger partial charge in [0.25, 0.3) is 0 Å². The molecule has 3 amide bonds. The molecule has 2 unspecified atom stereocenters. The van der Waals surface area contributed by atoms with Gasteiger partial charge in [0.05, 0.1) is 30.1 Å². The maximum atomic E-state index is 14.0. The summed E-state index contributed by atoms with van der Waals surface area (Å²) in [6.45, 7) is 10.8. The lowest BCUT2D eigenvalue weighted by atomic mass is 9.65. The summed E-state index contributed by atoms with van der Waals surface area (Å²) >= 11 is 0. The molecule has 0 aromatic heterocycles. The van der Waals surface area contributed by atoms with Gasteiger partial charge < -0.3 is 25.4 Å². The van der Waals surface area contributed by atoms with E-state index in [9.17, 15) is 19.5 Å². The van der Waals surface area contributed by atoms with Crippen molar-refractivity contribution in [3.8, 4) is 0 Å². The highest BCUT2D eigenvalue weighted by Gasteiger charge is 2.79. The molecule has 3 fully saturated rings. The zero-order valence-electron chi connectivity index (χ0n) is 21.0. The van der Waals surface area contributed by atoms with E-state index in [1.165, 1.54) is 0 Å². The van der Waals surface area contributed by atoms with Gasteiger partial charge in [0.2, 0.25) is 17.7 Å². The van der Waals surface area contributed by atoms with E-state index in [1.54, 1.807) is 4.90 Å². The number of unbranched alkanes of at least 4 members (excludes halogenated alkanes) is 2. The predicted molar refractivity (Wildman–Crippen MR) is 125 cm³/mol. The predicted octanol–water partition coefficient (Wildman–Crippen LogP) is 1.99. The average molecular weight is 466 g/mol. The molecule has 3 rings (SSSR count). The van der Waals surface area contributed by atoms with Crippen LogP contribution in [0, 0.1) is 17.8 Å². The lowest BCUT2D eigenvalue weighted by Gasteiger charge is -2.38. The number of amides is 3. The molecule has 33 heavy (non-hydrogen) atoms. The lowest BCUT2D eigenvalue weighted by molar-refractivity contribution is -0.152. The summed E-state index contributed by atoms with van der Waals surface area (Å²) in [5, 5.41) is 16.2. The Morgan fingerprint density at radius 1 is 1.09 bits per heavy atom. The van der Waals surface area contributed by atoms with Crippen LogP contribution in [0.15, 0.2) is 0 Å². The molecular weight excluding hydrogens is 422 g/mol. The number of likely N-dealkylation sites (tertiary alicyclic amines) is 1. The van der Waals surface area contributed by atoms with Crippen LogP contribution in [0.5, 0.6) is 0 Å². The van der Waals surface area contributed by atoms with Gasteiger partial charge in [0.1, 0.15) is 11.6 Å². The smallest absolute Gasteiger partial charge is 0.245 e. The zero-order valence-corrected chi connectivity index (χ0v) is 21.0. The Kier molecular flexibility index (Phi) is 8.10. The van der Waals surface area contributed by atoms with Crippen molar-refractivity contribution in [2.45, 2.75) is 103 Å². The molecule has 3 heterocycles. The molecule has 0 aromatic carbocycles. The van der Waals surface area contributed by atoms with Gasteiger partial charge in [-0.25, -0.2) is 0 Å².